The average molecular weight is 381 g/mol. The molecular formula is C20H20FN5O2. The van der Waals surface area contributed by atoms with Crippen molar-refractivity contribution in [1.29, 1.82) is 5.26 Å². The van der Waals surface area contributed by atoms with Crippen LogP contribution in [0.4, 0.5) is 15.9 Å². The zero-order valence-electron chi connectivity index (χ0n) is 15.3. The highest BCUT2D eigenvalue weighted by Crippen LogP contribution is 2.27. The number of hydrogen-bond acceptors (Lipinski definition) is 6. The van der Waals surface area contributed by atoms with Crippen LogP contribution in [0.25, 0.3) is 0 Å². The molecule has 0 radical (unpaired) electrons. The number of pyridine rings is 2. The van der Waals surface area contributed by atoms with Gasteiger partial charge in [0.25, 0.3) is 5.91 Å². The molecular weight excluding hydrogens is 361 g/mol. The molecule has 1 atom stereocenters. The van der Waals surface area contributed by atoms with Gasteiger partial charge < -0.3 is 15.0 Å². The van der Waals surface area contributed by atoms with Gasteiger partial charge in [0.1, 0.15) is 23.8 Å². The summed E-state index contributed by atoms with van der Waals surface area (Å²) in [6.45, 7) is 1.95. The second-order valence-electron chi connectivity index (χ2n) is 6.89. The van der Waals surface area contributed by atoms with Gasteiger partial charge in [-0.25, -0.2) is 14.4 Å². The summed E-state index contributed by atoms with van der Waals surface area (Å²) in [5.74, 6) is 0.339. The summed E-state index contributed by atoms with van der Waals surface area (Å²) in [7, 11) is 0. The number of fused-ring (bicyclic) bond motifs is 1. The minimum atomic E-state index is -0.873. The van der Waals surface area contributed by atoms with Crippen molar-refractivity contribution < 1.29 is 13.9 Å². The van der Waals surface area contributed by atoms with E-state index in [0.717, 1.165) is 11.3 Å². The first-order valence-corrected chi connectivity index (χ1v) is 9.31. The number of carbonyl (C=O) groups excluding carboxylic acids is 1. The van der Waals surface area contributed by atoms with Crippen LogP contribution in [0.1, 0.15) is 33.7 Å². The van der Waals surface area contributed by atoms with Crippen molar-refractivity contribution in [2.75, 3.05) is 36.5 Å². The molecule has 0 unspecified atom stereocenters. The summed E-state index contributed by atoms with van der Waals surface area (Å²) in [5, 5.41) is 11.8. The Kier molecular flexibility index (Phi) is 5.17. The van der Waals surface area contributed by atoms with E-state index in [1.165, 1.54) is 12.3 Å². The van der Waals surface area contributed by atoms with Crippen LogP contribution in [0.5, 0.6) is 0 Å². The van der Waals surface area contributed by atoms with Gasteiger partial charge in [-0.05, 0) is 36.6 Å². The highest BCUT2D eigenvalue weighted by Gasteiger charge is 2.26. The molecule has 144 valence electrons. The van der Waals surface area contributed by atoms with Gasteiger partial charge in [-0.15, -0.1) is 0 Å². The van der Waals surface area contributed by atoms with Crippen molar-refractivity contribution in [2.45, 2.75) is 25.4 Å². The lowest BCUT2D eigenvalue weighted by Gasteiger charge is -2.20. The number of anilines is 2. The normalized spacial score (nSPS) is 18.9. The fourth-order valence-corrected chi connectivity index (χ4v) is 3.60. The second-order valence-corrected chi connectivity index (χ2v) is 6.89. The van der Waals surface area contributed by atoms with E-state index in [-0.39, 0.29) is 11.6 Å². The molecule has 4 rings (SSSR count). The van der Waals surface area contributed by atoms with Gasteiger partial charge >= 0.3 is 0 Å². The maximum Gasteiger partial charge on any atom is 0.256 e. The number of ether oxygens (including phenoxy) is 1. The van der Waals surface area contributed by atoms with E-state index in [0.29, 0.717) is 62.6 Å². The van der Waals surface area contributed by atoms with Gasteiger partial charge in [0.05, 0.1) is 19.8 Å². The molecule has 2 aliphatic rings. The first kappa shape index (κ1) is 18.3. The number of carbonyl (C=O) groups is 1. The van der Waals surface area contributed by atoms with E-state index in [1.54, 1.807) is 12.1 Å². The summed E-state index contributed by atoms with van der Waals surface area (Å²) in [4.78, 5) is 23.6. The molecule has 7 nitrogen and oxygen atoms in total. The quantitative estimate of drug-likeness (QED) is 0.877. The van der Waals surface area contributed by atoms with E-state index in [2.05, 4.69) is 10.3 Å². The van der Waals surface area contributed by atoms with Crippen molar-refractivity contribution in [3.05, 3.63) is 46.9 Å². The Hall–Kier alpha value is -3.05. The van der Waals surface area contributed by atoms with Crippen LogP contribution >= 0.6 is 0 Å². The Labute approximate surface area is 162 Å². The van der Waals surface area contributed by atoms with E-state index < -0.39 is 6.17 Å². The third kappa shape index (κ3) is 3.80. The monoisotopic (exact) mass is 381 g/mol. The van der Waals surface area contributed by atoms with Crippen molar-refractivity contribution in [1.82, 2.24) is 9.97 Å². The number of aromatic nitrogens is 2. The number of alkyl halides is 1. The lowest BCUT2D eigenvalue weighted by atomic mass is 10.0. The van der Waals surface area contributed by atoms with E-state index in [4.69, 9.17) is 15.0 Å². The number of rotatable bonds is 3. The molecule has 0 aromatic carbocycles. The largest absolute Gasteiger partial charge is 0.381 e. The summed E-state index contributed by atoms with van der Waals surface area (Å²) in [6, 6.07) is 6.86. The maximum atomic E-state index is 13.7. The van der Waals surface area contributed by atoms with Crippen molar-refractivity contribution in [2.24, 2.45) is 0 Å². The first-order chi connectivity index (χ1) is 13.6. The first-order valence-electron chi connectivity index (χ1n) is 9.31. The van der Waals surface area contributed by atoms with Crippen LogP contribution in [-0.2, 0) is 17.6 Å². The number of hydrogen-bond donors (Lipinski definition) is 1. The van der Waals surface area contributed by atoms with E-state index >= 15 is 0 Å². The van der Waals surface area contributed by atoms with Gasteiger partial charge in [0.2, 0.25) is 0 Å². The predicted octanol–water partition coefficient (Wildman–Crippen LogP) is 2.26. The molecule has 2 aromatic heterocycles. The Morgan fingerprint density at radius 2 is 2.21 bits per heavy atom. The molecule has 8 heteroatoms. The van der Waals surface area contributed by atoms with Crippen LogP contribution in [0.15, 0.2) is 24.4 Å². The smallest absolute Gasteiger partial charge is 0.256 e. The maximum absolute atomic E-state index is 13.7. The standard InChI is InChI=1S/C20H20FN5O2/c21-13-2-6-26(12-13)19-10-17(16-3-7-28-8-4-18(16)25-19)20(27)24-14-1-5-23-15(9-14)11-22/h1,5,9-10,13H,2-4,6-8,12H2,(H,23,24,27)/t13-/m0/s1. The molecule has 1 fully saturated rings. The molecule has 2 aliphatic heterocycles. The van der Waals surface area contributed by atoms with Gasteiger partial charge in [-0.3, -0.25) is 4.79 Å². The van der Waals surface area contributed by atoms with Crippen LogP contribution < -0.4 is 10.2 Å². The Balaban J connectivity index is 1.69. The fourth-order valence-electron chi connectivity index (χ4n) is 3.60. The zero-order chi connectivity index (χ0) is 19.5. The number of halogens is 1. The number of nitrogens with one attached hydrogen (secondary N) is 1. The topological polar surface area (TPSA) is 91.1 Å². The highest BCUT2D eigenvalue weighted by molar-refractivity contribution is 6.06. The summed E-state index contributed by atoms with van der Waals surface area (Å²) in [6.07, 6.45) is 2.28. The summed E-state index contributed by atoms with van der Waals surface area (Å²) < 4.78 is 19.2. The van der Waals surface area contributed by atoms with Crippen molar-refractivity contribution in [3.8, 4) is 6.07 Å². The van der Waals surface area contributed by atoms with Crippen molar-refractivity contribution >= 4 is 17.4 Å². The number of amides is 1. The highest BCUT2D eigenvalue weighted by atomic mass is 19.1. The van der Waals surface area contributed by atoms with Crippen LogP contribution in [0.2, 0.25) is 0 Å². The zero-order valence-corrected chi connectivity index (χ0v) is 15.3. The van der Waals surface area contributed by atoms with Crippen molar-refractivity contribution in [3.63, 3.8) is 0 Å². The van der Waals surface area contributed by atoms with Gasteiger partial charge in [0.15, 0.2) is 0 Å². The SMILES string of the molecule is N#Cc1cc(NC(=O)c2cc(N3CC[C@H](F)C3)nc3c2CCOCC3)ccn1. The summed E-state index contributed by atoms with van der Waals surface area (Å²) >= 11 is 0. The molecule has 0 aliphatic carbocycles. The third-order valence-corrected chi connectivity index (χ3v) is 5.01. The van der Waals surface area contributed by atoms with Crippen LogP contribution in [0.3, 0.4) is 0 Å². The molecule has 2 aromatic rings. The molecule has 4 heterocycles. The average Bonchev–Trinajstić information content (AvgIpc) is 3.00. The van der Waals surface area contributed by atoms with E-state index in [1.807, 2.05) is 11.0 Å². The number of nitrogens with zero attached hydrogens (tertiary/aromatic N) is 4. The van der Waals surface area contributed by atoms with Gasteiger partial charge in [0, 0.05) is 36.1 Å². The second kappa shape index (κ2) is 7.90. The predicted molar refractivity (Wildman–Crippen MR) is 101 cm³/mol. The Bertz CT molecular complexity index is 943. The van der Waals surface area contributed by atoms with Crippen LogP contribution in [-0.4, -0.2) is 48.4 Å². The molecule has 0 saturated carbocycles. The third-order valence-electron chi connectivity index (χ3n) is 5.01. The lowest BCUT2D eigenvalue weighted by molar-refractivity contribution is 0.102. The summed E-state index contributed by atoms with van der Waals surface area (Å²) in [5.41, 5.74) is 2.94. The molecule has 1 saturated heterocycles. The minimum Gasteiger partial charge on any atom is -0.381 e. The lowest BCUT2D eigenvalue weighted by Crippen LogP contribution is -2.24. The molecule has 0 bridgehead atoms. The van der Waals surface area contributed by atoms with Crippen LogP contribution in [0, 0.1) is 11.3 Å². The molecule has 0 spiro atoms. The molecule has 1 N–H and O–H groups in total. The molecule has 28 heavy (non-hydrogen) atoms. The van der Waals surface area contributed by atoms with Gasteiger partial charge in [-0.2, -0.15) is 5.26 Å². The minimum absolute atomic E-state index is 0.228. The van der Waals surface area contributed by atoms with E-state index in [9.17, 15) is 9.18 Å². The Morgan fingerprint density at radius 3 is 3.00 bits per heavy atom. The molecule has 1 amide bonds. The Morgan fingerprint density at radius 1 is 1.36 bits per heavy atom. The number of nitriles is 1. The van der Waals surface area contributed by atoms with Gasteiger partial charge in [-0.1, -0.05) is 0 Å². The fraction of sp³-hybridized carbons (Fsp3) is 0.400.